The predicted octanol–water partition coefficient (Wildman–Crippen LogP) is 2.20. The van der Waals surface area contributed by atoms with Crippen LogP contribution in [0.2, 0.25) is 0 Å². The molecule has 2 fully saturated rings. The van der Waals surface area contributed by atoms with Crippen molar-refractivity contribution in [2.24, 2.45) is 17.8 Å². The third-order valence-electron chi connectivity index (χ3n) is 4.82. The van der Waals surface area contributed by atoms with Crippen LogP contribution in [-0.2, 0) is 14.3 Å². The lowest BCUT2D eigenvalue weighted by Gasteiger charge is -2.33. The molecule has 0 spiro atoms. The third-order valence-corrected chi connectivity index (χ3v) is 4.82. The molecule has 1 saturated carbocycles. The normalized spacial score (nSPS) is 20.6. The van der Waals surface area contributed by atoms with E-state index in [-0.39, 0.29) is 23.8 Å². The number of ether oxygens (including phenoxy) is 1. The van der Waals surface area contributed by atoms with Crippen LogP contribution in [0.1, 0.15) is 52.9 Å². The van der Waals surface area contributed by atoms with Crippen LogP contribution in [0, 0.1) is 17.8 Å². The molecule has 2 amide bonds. The molecule has 1 aliphatic heterocycles. The van der Waals surface area contributed by atoms with Crippen LogP contribution in [0.25, 0.3) is 0 Å². The van der Waals surface area contributed by atoms with E-state index in [9.17, 15) is 9.59 Å². The number of carbonyl (C=O) groups excluding carboxylic acids is 2. The first-order valence-electron chi connectivity index (χ1n) is 9.15. The minimum atomic E-state index is -0.355. The van der Waals surface area contributed by atoms with Gasteiger partial charge in [-0.25, -0.2) is 0 Å². The Hall–Kier alpha value is -1.10. The van der Waals surface area contributed by atoms with E-state index in [0.29, 0.717) is 31.5 Å². The maximum absolute atomic E-state index is 12.4. The van der Waals surface area contributed by atoms with Crippen molar-refractivity contribution in [1.82, 2.24) is 10.2 Å². The number of nitrogens with zero attached hydrogens (tertiary/aromatic N) is 1. The van der Waals surface area contributed by atoms with Crippen molar-refractivity contribution < 1.29 is 14.3 Å². The van der Waals surface area contributed by atoms with Crippen LogP contribution in [0.3, 0.4) is 0 Å². The molecular formula is C18H32N2O3. The average Bonchev–Trinajstić information content (AvgIpc) is 3.36. The highest BCUT2D eigenvalue weighted by atomic mass is 16.5. The van der Waals surface area contributed by atoms with Crippen LogP contribution in [0.15, 0.2) is 0 Å². The lowest BCUT2D eigenvalue weighted by atomic mass is 9.95. The number of rotatable bonds is 8. The van der Waals surface area contributed by atoms with Crippen molar-refractivity contribution >= 4 is 11.8 Å². The van der Waals surface area contributed by atoms with Gasteiger partial charge in [-0.1, -0.05) is 13.8 Å². The smallest absolute Gasteiger partial charge is 0.251 e. The van der Waals surface area contributed by atoms with Crippen LogP contribution in [-0.4, -0.2) is 49.1 Å². The first-order valence-corrected chi connectivity index (χ1v) is 9.15. The first kappa shape index (κ1) is 18.2. The number of hydrogen-bond donors (Lipinski definition) is 1. The third kappa shape index (κ3) is 6.13. The fourth-order valence-electron chi connectivity index (χ4n) is 2.88. The average molecular weight is 324 g/mol. The van der Waals surface area contributed by atoms with Crippen molar-refractivity contribution in [2.45, 2.75) is 59.0 Å². The molecule has 132 valence electrons. The van der Waals surface area contributed by atoms with Gasteiger partial charge >= 0.3 is 0 Å². The highest BCUT2D eigenvalue weighted by Gasteiger charge is 2.30. The van der Waals surface area contributed by atoms with E-state index in [4.69, 9.17) is 4.74 Å². The summed E-state index contributed by atoms with van der Waals surface area (Å²) in [6.45, 7) is 8.95. The molecule has 1 N–H and O–H groups in total. The standard InChI is InChI=1S/C18H32N2O3/c1-13(2)6-9-19-17(21)16-7-10-20(11-8-16)18(22)14(3)23-12-15-4-5-15/h13-16H,4-12H2,1-3H3,(H,19,21)/t14-/m0/s1. The molecule has 0 radical (unpaired) electrons. The van der Waals surface area contributed by atoms with Gasteiger partial charge in [0.2, 0.25) is 5.91 Å². The minimum absolute atomic E-state index is 0.0499. The number of hydrogen-bond acceptors (Lipinski definition) is 3. The molecule has 1 atom stereocenters. The maximum atomic E-state index is 12.4. The number of piperidine rings is 1. The molecular weight excluding hydrogens is 292 g/mol. The Morgan fingerprint density at radius 1 is 1.13 bits per heavy atom. The number of nitrogens with one attached hydrogen (secondary N) is 1. The minimum Gasteiger partial charge on any atom is -0.368 e. The molecule has 1 saturated heterocycles. The van der Waals surface area contributed by atoms with Crippen molar-refractivity contribution in [3.8, 4) is 0 Å². The molecule has 0 aromatic heterocycles. The zero-order valence-corrected chi connectivity index (χ0v) is 14.8. The maximum Gasteiger partial charge on any atom is 0.251 e. The van der Waals surface area contributed by atoms with Gasteiger partial charge in [0.15, 0.2) is 0 Å². The van der Waals surface area contributed by atoms with Gasteiger partial charge in [0.25, 0.3) is 5.91 Å². The van der Waals surface area contributed by atoms with Crippen molar-refractivity contribution in [2.75, 3.05) is 26.2 Å². The molecule has 5 nitrogen and oxygen atoms in total. The summed E-state index contributed by atoms with van der Waals surface area (Å²) in [5.74, 6) is 1.55. The Morgan fingerprint density at radius 3 is 2.35 bits per heavy atom. The highest BCUT2D eigenvalue weighted by Crippen LogP contribution is 2.29. The molecule has 5 heteroatoms. The molecule has 2 aliphatic rings. The number of carbonyl (C=O) groups is 2. The Morgan fingerprint density at radius 2 is 1.78 bits per heavy atom. The van der Waals surface area contributed by atoms with Crippen LogP contribution in [0.4, 0.5) is 0 Å². The lowest BCUT2D eigenvalue weighted by Crippen LogP contribution is -2.46. The summed E-state index contributed by atoms with van der Waals surface area (Å²) < 4.78 is 5.66. The molecule has 2 rings (SSSR count). The first-order chi connectivity index (χ1) is 11.0. The van der Waals surface area contributed by atoms with Crippen molar-refractivity contribution in [1.29, 1.82) is 0 Å². The second kappa shape index (κ2) is 8.67. The van der Waals surface area contributed by atoms with E-state index in [0.717, 1.165) is 25.8 Å². The summed E-state index contributed by atoms with van der Waals surface area (Å²) in [7, 11) is 0. The van der Waals surface area contributed by atoms with Gasteiger partial charge < -0.3 is 15.0 Å². The Balaban J connectivity index is 1.65. The largest absolute Gasteiger partial charge is 0.368 e. The second-order valence-electron chi connectivity index (χ2n) is 7.49. The summed E-state index contributed by atoms with van der Waals surface area (Å²) in [6.07, 6.45) is 4.64. The van der Waals surface area contributed by atoms with Crippen LogP contribution in [0.5, 0.6) is 0 Å². The summed E-state index contributed by atoms with van der Waals surface area (Å²) in [5.41, 5.74) is 0. The Bertz CT molecular complexity index is 399. The molecule has 0 aromatic rings. The lowest BCUT2D eigenvalue weighted by molar-refractivity contribution is -0.145. The number of likely N-dealkylation sites (tertiary alicyclic amines) is 1. The summed E-state index contributed by atoms with van der Waals surface area (Å²) in [4.78, 5) is 26.3. The number of amides is 2. The fourth-order valence-corrected chi connectivity index (χ4v) is 2.88. The summed E-state index contributed by atoms with van der Waals surface area (Å²) >= 11 is 0. The van der Waals surface area contributed by atoms with Gasteiger partial charge in [-0.15, -0.1) is 0 Å². The SMILES string of the molecule is CC(C)CCNC(=O)C1CCN(C(=O)[C@H](C)OCC2CC2)CC1. The van der Waals surface area contributed by atoms with E-state index >= 15 is 0 Å². The van der Waals surface area contributed by atoms with Crippen LogP contribution < -0.4 is 5.32 Å². The van der Waals surface area contributed by atoms with E-state index in [1.165, 1.54) is 12.8 Å². The molecule has 0 aromatic carbocycles. The zero-order valence-electron chi connectivity index (χ0n) is 14.8. The molecule has 0 bridgehead atoms. The molecule has 23 heavy (non-hydrogen) atoms. The summed E-state index contributed by atoms with van der Waals surface area (Å²) in [5, 5.41) is 3.02. The summed E-state index contributed by atoms with van der Waals surface area (Å²) in [6, 6.07) is 0. The topological polar surface area (TPSA) is 58.6 Å². The van der Waals surface area contributed by atoms with Crippen molar-refractivity contribution in [3.63, 3.8) is 0 Å². The van der Waals surface area contributed by atoms with E-state index in [1.54, 1.807) is 0 Å². The van der Waals surface area contributed by atoms with Gasteiger partial charge in [-0.3, -0.25) is 9.59 Å². The van der Waals surface area contributed by atoms with Gasteiger partial charge in [0.1, 0.15) is 6.10 Å². The monoisotopic (exact) mass is 324 g/mol. The second-order valence-corrected chi connectivity index (χ2v) is 7.49. The van der Waals surface area contributed by atoms with Crippen molar-refractivity contribution in [3.05, 3.63) is 0 Å². The van der Waals surface area contributed by atoms with E-state index in [1.807, 2.05) is 11.8 Å². The molecule has 0 unspecified atom stereocenters. The Kier molecular flexibility index (Phi) is 6.88. The Labute approximate surface area is 140 Å². The zero-order chi connectivity index (χ0) is 16.8. The molecule has 1 heterocycles. The highest BCUT2D eigenvalue weighted by molar-refractivity contribution is 5.82. The van der Waals surface area contributed by atoms with Gasteiger partial charge in [-0.2, -0.15) is 0 Å². The van der Waals surface area contributed by atoms with E-state index < -0.39 is 0 Å². The van der Waals surface area contributed by atoms with Gasteiger partial charge in [0, 0.05) is 25.6 Å². The van der Waals surface area contributed by atoms with Gasteiger partial charge in [0.05, 0.1) is 6.61 Å². The molecule has 1 aliphatic carbocycles. The fraction of sp³-hybridized carbons (Fsp3) is 0.889. The quantitative estimate of drug-likeness (QED) is 0.745. The van der Waals surface area contributed by atoms with E-state index in [2.05, 4.69) is 19.2 Å². The van der Waals surface area contributed by atoms with Crippen LogP contribution >= 0.6 is 0 Å². The predicted molar refractivity (Wildman–Crippen MR) is 89.9 cm³/mol. The van der Waals surface area contributed by atoms with Gasteiger partial charge in [-0.05, 0) is 50.9 Å².